The van der Waals surface area contributed by atoms with E-state index in [4.69, 9.17) is 0 Å². The Balaban J connectivity index is 1.93. The Labute approximate surface area is 161 Å². The number of aliphatic hydroxyl groups excluding tert-OH is 1. The lowest BCUT2D eigenvalue weighted by atomic mass is 9.72. The zero-order valence-electron chi connectivity index (χ0n) is 15.7. The Kier molecular flexibility index (Phi) is 5.42. The number of piperidine rings is 1. The van der Waals surface area contributed by atoms with Gasteiger partial charge < -0.3 is 15.1 Å². The first-order chi connectivity index (χ1) is 13.2. The van der Waals surface area contributed by atoms with Gasteiger partial charge in [-0.15, -0.1) is 0 Å². The lowest BCUT2D eigenvalue weighted by Gasteiger charge is -2.43. The summed E-state index contributed by atoms with van der Waals surface area (Å²) >= 11 is 0. The molecule has 1 saturated heterocycles. The molecule has 0 saturated carbocycles. The summed E-state index contributed by atoms with van der Waals surface area (Å²) in [6, 6.07) is 5.48. The number of hydrogen-bond donors (Lipinski definition) is 2. The van der Waals surface area contributed by atoms with Gasteiger partial charge in [-0.3, -0.25) is 9.59 Å². The van der Waals surface area contributed by atoms with Gasteiger partial charge in [-0.25, -0.2) is 14.4 Å². The van der Waals surface area contributed by atoms with Gasteiger partial charge in [0.1, 0.15) is 17.6 Å². The van der Waals surface area contributed by atoms with Crippen LogP contribution in [0.1, 0.15) is 33.7 Å². The molecule has 2 heterocycles. The van der Waals surface area contributed by atoms with Crippen molar-refractivity contribution in [2.24, 2.45) is 5.41 Å². The Morgan fingerprint density at radius 2 is 1.82 bits per heavy atom. The quantitative estimate of drug-likeness (QED) is 0.828. The van der Waals surface area contributed by atoms with Crippen molar-refractivity contribution in [3.05, 3.63) is 58.9 Å². The van der Waals surface area contributed by atoms with Crippen LogP contribution in [0.15, 0.2) is 30.6 Å². The number of aromatic nitrogens is 2. The van der Waals surface area contributed by atoms with Gasteiger partial charge in [-0.2, -0.15) is 0 Å². The molecular weight excluding hydrogens is 365 g/mol. The number of halogens is 1. The van der Waals surface area contributed by atoms with Crippen LogP contribution in [0.4, 0.5) is 4.39 Å². The third-order valence-electron chi connectivity index (χ3n) is 5.37. The predicted molar refractivity (Wildman–Crippen MR) is 98.2 cm³/mol. The van der Waals surface area contributed by atoms with Crippen LogP contribution < -0.4 is 0 Å². The number of hydrogen-bond acceptors (Lipinski definition) is 5. The lowest BCUT2D eigenvalue weighted by molar-refractivity contribution is -0.161. The standard InChI is InChI=1S/C20H22FN3O4/c1-12-17(13(2)23-11-22-12)18(26)24-8-7-16(25)20(10-24,19(27)28)9-14-3-5-15(21)6-4-14/h3-6,11,16,25H,7-10H2,1-2H3,(H,27,28)/t16-,20+/m0/s1. The van der Waals surface area contributed by atoms with Gasteiger partial charge in [0, 0.05) is 13.1 Å². The summed E-state index contributed by atoms with van der Waals surface area (Å²) in [7, 11) is 0. The van der Waals surface area contributed by atoms with E-state index in [-0.39, 0.29) is 31.8 Å². The molecule has 1 aliphatic rings. The zero-order valence-corrected chi connectivity index (χ0v) is 15.7. The molecule has 7 nitrogen and oxygen atoms in total. The summed E-state index contributed by atoms with van der Waals surface area (Å²) in [5.74, 6) is -1.98. The van der Waals surface area contributed by atoms with Crippen LogP contribution in [0.3, 0.4) is 0 Å². The molecule has 1 aliphatic heterocycles. The van der Waals surface area contributed by atoms with E-state index in [2.05, 4.69) is 9.97 Å². The highest BCUT2D eigenvalue weighted by atomic mass is 19.1. The number of nitrogens with zero attached hydrogens (tertiary/aromatic N) is 3. The molecule has 148 valence electrons. The van der Waals surface area contributed by atoms with Crippen molar-refractivity contribution in [2.75, 3.05) is 13.1 Å². The van der Waals surface area contributed by atoms with Crippen molar-refractivity contribution in [3.8, 4) is 0 Å². The molecule has 1 aromatic heterocycles. The molecule has 28 heavy (non-hydrogen) atoms. The SMILES string of the molecule is Cc1ncnc(C)c1C(=O)N1CC[C@H](O)[C@](Cc2ccc(F)cc2)(C(=O)O)C1. The minimum Gasteiger partial charge on any atom is -0.481 e. The van der Waals surface area contributed by atoms with E-state index in [1.54, 1.807) is 13.8 Å². The van der Waals surface area contributed by atoms with Crippen molar-refractivity contribution in [2.45, 2.75) is 32.8 Å². The van der Waals surface area contributed by atoms with Crippen LogP contribution >= 0.6 is 0 Å². The number of amides is 1. The lowest BCUT2D eigenvalue weighted by Crippen LogP contribution is -2.58. The van der Waals surface area contributed by atoms with Crippen molar-refractivity contribution in [1.29, 1.82) is 0 Å². The predicted octanol–water partition coefficient (Wildman–Crippen LogP) is 1.75. The first kappa shape index (κ1) is 19.9. The van der Waals surface area contributed by atoms with Gasteiger partial charge in [0.05, 0.1) is 23.1 Å². The molecule has 2 aromatic rings. The number of aryl methyl sites for hydroxylation is 2. The van der Waals surface area contributed by atoms with Crippen molar-refractivity contribution in [3.63, 3.8) is 0 Å². The van der Waals surface area contributed by atoms with Crippen LogP contribution in [0.2, 0.25) is 0 Å². The van der Waals surface area contributed by atoms with Crippen LogP contribution in [0, 0.1) is 25.1 Å². The monoisotopic (exact) mass is 387 g/mol. The highest BCUT2D eigenvalue weighted by molar-refractivity contribution is 5.96. The van der Waals surface area contributed by atoms with Crippen molar-refractivity contribution >= 4 is 11.9 Å². The fourth-order valence-corrected chi connectivity index (χ4v) is 3.74. The van der Waals surface area contributed by atoms with Crippen LogP contribution in [0.5, 0.6) is 0 Å². The topological polar surface area (TPSA) is 104 Å². The van der Waals surface area contributed by atoms with E-state index >= 15 is 0 Å². The van der Waals surface area contributed by atoms with Gasteiger partial charge in [0.25, 0.3) is 5.91 Å². The summed E-state index contributed by atoms with van der Waals surface area (Å²) in [6.45, 7) is 3.47. The molecule has 2 N–H and O–H groups in total. The average molecular weight is 387 g/mol. The second-order valence-electron chi connectivity index (χ2n) is 7.22. The van der Waals surface area contributed by atoms with Gasteiger partial charge >= 0.3 is 5.97 Å². The van der Waals surface area contributed by atoms with E-state index < -0.39 is 23.3 Å². The molecule has 1 fully saturated rings. The fourth-order valence-electron chi connectivity index (χ4n) is 3.74. The van der Waals surface area contributed by atoms with Gasteiger partial charge in [0.15, 0.2) is 0 Å². The maximum atomic E-state index is 13.2. The van der Waals surface area contributed by atoms with Gasteiger partial charge in [0.2, 0.25) is 0 Å². The summed E-state index contributed by atoms with van der Waals surface area (Å²) in [5, 5.41) is 20.5. The molecule has 0 aliphatic carbocycles. The minimum atomic E-state index is -1.58. The van der Waals surface area contributed by atoms with Crippen LogP contribution in [-0.4, -0.2) is 56.2 Å². The largest absolute Gasteiger partial charge is 0.481 e. The molecule has 8 heteroatoms. The van der Waals surface area contributed by atoms with E-state index in [1.165, 1.54) is 35.5 Å². The van der Waals surface area contributed by atoms with Gasteiger partial charge in [-0.05, 0) is 44.4 Å². The molecule has 0 radical (unpaired) electrons. The highest BCUT2D eigenvalue weighted by Gasteiger charge is 2.50. The number of carbonyl (C=O) groups is 2. The number of carboxylic acid groups (broad SMARTS) is 1. The number of rotatable bonds is 4. The second-order valence-corrected chi connectivity index (χ2v) is 7.22. The molecule has 1 amide bonds. The zero-order chi connectivity index (χ0) is 20.5. The summed E-state index contributed by atoms with van der Waals surface area (Å²) in [6.07, 6.45) is 0.354. The van der Waals surface area contributed by atoms with E-state index in [1.807, 2.05) is 0 Å². The maximum Gasteiger partial charge on any atom is 0.314 e. The van der Waals surface area contributed by atoms with E-state index in [0.717, 1.165) is 0 Å². The molecule has 1 aromatic carbocycles. The molecule has 0 unspecified atom stereocenters. The molecular formula is C20H22FN3O4. The number of aliphatic hydroxyl groups is 1. The third-order valence-corrected chi connectivity index (χ3v) is 5.37. The first-order valence-corrected chi connectivity index (χ1v) is 8.98. The van der Waals surface area contributed by atoms with Crippen molar-refractivity contribution in [1.82, 2.24) is 14.9 Å². The van der Waals surface area contributed by atoms with Crippen molar-refractivity contribution < 1.29 is 24.2 Å². The van der Waals surface area contributed by atoms with E-state index in [9.17, 15) is 24.2 Å². The second kappa shape index (κ2) is 7.63. The number of carboxylic acids is 1. The number of carbonyl (C=O) groups excluding carboxylic acids is 1. The third kappa shape index (κ3) is 3.60. The first-order valence-electron chi connectivity index (χ1n) is 8.98. The maximum absolute atomic E-state index is 13.2. The number of likely N-dealkylation sites (tertiary alicyclic amines) is 1. The highest BCUT2D eigenvalue weighted by Crippen LogP contribution is 2.35. The molecule has 3 rings (SSSR count). The normalized spacial score (nSPS) is 22.1. The van der Waals surface area contributed by atoms with Crippen LogP contribution in [0.25, 0.3) is 0 Å². The smallest absolute Gasteiger partial charge is 0.314 e. The fraction of sp³-hybridized carbons (Fsp3) is 0.400. The number of aliphatic carboxylic acids is 1. The van der Waals surface area contributed by atoms with Gasteiger partial charge in [-0.1, -0.05) is 12.1 Å². The summed E-state index contributed by atoms with van der Waals surface area (Å²) in [5.41, 5.74) is 0.377. The molecule has 0 spiro atoms. The number of benzene rings is 1. The Morgan fingerprint density at radius 1 is 1.21 bits per heavy atom. The van der Waals surface area contributed by atoms with Crippen LogP contribution in [-0.2, 0) is 11.2 Å². The minimum absolute atomic E-state index is 0.0170. The van der Waals surface area contributed by atoms with E-state index in [0.29, 0.717) is 22.5 Å². The Hall–Kier alpha value is -2.87. The Bertz CT molecular complexity index is 883. The summed E-state index contributed by atoms with van der Waals surface area (Å²) < 4.78 is 13.2. The average Bonchev–Trinajstić information content (AvgIpc) is 2.65. The molecule has 0 bridgehead atoms. The summed E-state index contributed by atoms with van der Waals surface area (Å²) in [4.78, 5) is 34.8. The Morgan fingerprint density at radius 3 is 2.39 bits per heavy atom. The molecule has 2 atom stereocenters.